The van der Waals surface area contributed by atoms with Crippen molar-refractivity contribution < 1.29 is 0 Å². The fraction of sp³-hybridized carbons (Fsp3) is 0.600. The maximum Gasteiger partial charge on any atom is 0.125 e. The molecule has 0 radical (unpaired) electrons. The zero-order valence-electron chi connectivity index (χ0n) is 8.20. The molecule has 1 aromatic rings. The Morgan fingerprint density at radius 3 is 3.00 bits per heavy atom. The second kappa shape index (κ2) is 3.42. The van der Waals surface area contributed by atoms with Crippen molar-refractivity contribution in [2.24, 2.45) is 0 Å². The van der Waals surface area contributed by atoms with Gasteiger partial charge >= 0.3 is 0 Å². The van der Waals surface area contributed by atoms with Crippen LogP contribution in [-0.4, -0.2) is 35.0 Å². The molecular formula is C10H15N3. The van der Waals surface area contributed by atoms with E-state index in [9.17, 15) is 0 Å². The van der Waals surface area contributed by atoms with Gasteiger partial charge in [0, 0.05) is 24.4 Å². The van der Waals surface area contributed by atoms with Crippen LogP contribution in [0.2, 0.25) is 0 Å². The molecule has 13 heavy (non-hydrogen) atoms. The van der Waals surface area contributed by atoms with Gasteiger partial charge in [0.25, 0.3) is 0 Å². The van der Waals surface area contributed by atoms with Crippen LogP contribution in [0.25, 0.3) is 0 Å². The number of hydrogen-bond donors (Lipinski definition) is 0. The molecule has 0 spiro atoms. The monoisotopic (exact) mass is 177 g/mol. The van der Waals surface area contributed by atoms with E-state index < -0.39 is 0 Å². The van der Waals surface area contributed by atoms with Crippen molar-refractivity contribution in [1.82, 2.24) is 14.9 Å². The Morgan fingerprint density at radius 1 is 1.54 bits per heavy atom. The summed E-state index contributed by atoms with van der Waals surface area (Å²) in [7, 11) is 2.16. The standard InChI is InChI=1S/C10H15N3/c1-8-11-5-3-10(12-8)9-4-6-13(2)7-9/h3,5,9H,4,6-7H2,1-2H3. The minimum Gasteiger partial charge on any atom is -0.306 e. The molecule has 0 bridgehead atoms. The van der Waals surface area contributed by atoms with Gasteiger partial charge in [-0.25, -0.2) is 9.97 Å². The lowest BCUT2D eigenvalue weighted by molar-refractivity contribution is 0.410. The third kappa shape index (κ3) is 1.86. The summed E-state index contributed by atoms with van der Waals surface area (Å²) >= 11 is 0. The van der Waals surface area contributed by atoms with Gasteiger partial charge in [0.1, 0.15) is 5.82 Å². The number of likely N-dealkylation sites (tertiary alicyclic amines) is 1. The largest absolute Gasteiger partial charge is 0.306 e. The highest BCUT2D eigenvalue weighted by Crippen LogP contribution is 2.23. The van der Waals surface area contributed by atoms with Gasteiger partial charge in [0.05, 0.1) is 0 Å². The summed E-state index contributed by atoms with van der Waals surface area (Å²) in [5.41, 5.74) is 1.21. The fourth-order valence-corrected chi connectivity index (χ4v) is 1.88. The normalized spacial score (nSPS) is 23.7. The average molecular weight is 177 g/mol. The van der Waals surface area contributed by atoms with E-state index in [-0.39, 0.29) is 0 Å². The van der Waals surface area contributed by atoms with Crippen molar-refractivity contribution in [3.8, 4) is 0 Å². The molecule has 0 aliphatic carbocycles. The average Bonchev–Trinajstić information content (AvgIpc) is 2.52. The lowest BCUT2D eigenvalue weighted by atomic mass is 10.1. The fourth-order valence-electron chi connectivity index (χ4n) is 1.88. The zero-order valence-corrected chi connectivity index (χ0v) is 8.20. The summed E-state index contributed by atoms with van der Waals surface area (Å²) in [6, 6.07) is 2.04. The van der Waals surface area contributed by atoms with Crippen LogP contribution in [0, 0.1) is 6.92 Å². The highest BCUT2D eigenvalue weighted by Gasteiger charge is 2.21. The van der Waals surface area contributed by atoms with Crippen molar-refractivity contribution in [3.63, 3.8) is 0 Å². The second-order valence-corrected chi connectivity index (χ2v) is 3.78. The molecule has 2 heterocycles. The summed E-state index contributed by atoms with van der Waals surface area (Å²) in [6.45, 7) is 4.27. The summed E-state index contributed by atoms with van der Waals surface area (Å²) in [5, 5.41) is 0. The smallest absolute Gasteiger partial charge is 0.125 e. The first-order valence-corrected chi connectivity index (χ1v) is 4.74. The van der Waals surface area contributed by atoms with Gasteiger partial charge in [-0.2, -0.15) is 0 Å². The highest BCUT2D eigenvalue weighted by molar-refractivity contribution is 5.10. The SMILES string of the molecule is Cc1nccc(C2CCN(C)C2)n1. The quantitative estimate of drug-likeness (QED) is 0.645. The van der Waals surface area contributed by atoms with E-state index in [0.29, 0.717) is 5.92 Å². The topological polar surface area (TPSA) is 29.0 Å². The van der Waals surface area contributed by atoms with Gasteiger partial charge in [0.2, 0.25) is 0 Å². The molecule has 0 amide bonds. The molecular weight excluding hydrogens is 162 g/mol. The molecule has 1 unspecified atom stereocenters. The van der Waals surface area contributed by atoms with Gasteiger partial charge in [-0.3, -0.25) is 0 Å². The molecule has 1 fully saturated rings. The predicted octanol–water partition coefficient (Wildman–Crippen LogP) is 1.20. The van der Waals surface area contributed by atoms with Gasteiger partial charge in [-0.15, -0.1) is 0 Å². The van der Waals surface area contributed by atoms with E-state index in [1.165, 1.54) is 18.7 Å². The van der Waals surface area contributed by atoms with E-state index in [0.717, 1.165) is 12.4 Å². The first kappa shape index (κ1) is 8.63. The van der Waals surface area contributed by atoms with Crippen LogP contribution in [0.3, 0.4) is 0 Å². The van der Waals surface area contributed by atoms with Gasteiger partial charge < -0.3 is 4.90 Å². The van der Waals surface area contributed by atoms with Crippen LogP contribution < -0.4 is 0 Å². The molecule has 1 saturated heterocycles. The number of likely N-dealkylation sites (N-methyl/N-ethyl adjacent to an activating group) is 1. The summed E-state index contributed by atoms with van der Waals surface area (Å²) in [4.78, 5) is 10.9. The van der Waals surface area contributed by atoms with Crippen molar-refractivity contribution in [1.29, 1.82) is 0 Å². The molecule has 1 aliphatic heterocycles. The third-order valence-electron chi connectivity index (χ3n) is 2.61. The molecule has 70 valence electrons. The van der Waals surface area contributed by atoms with E-state index >= 15 is 0 Å². The van der Waals surface area contributed by atoms with Crippen LogP contribution in [0.15, 0.2) is 12.3 Å². The number of aryl methyl sites for hydroxylation is 1. The van der Waals surface area contributed by atoms with Gasteiger partial charge in [-0.1, -0.05) is 0 Å². The predicted molar refractivity (Wildman–Crippen MR) is 51.6 cm³/mol. The zero-order chi connectivity index (χ0) is 9.26. The Morgan fingerprint density at radius 2 is 2.38 bits per heavy atom. The summed E-state index contributed by atoms with van der Waals surface area (Å²) < 4.78 is 0. The number of rotatable bonds is 1. The van der Waals surface area contributed by atoms with E-state index in [1.807, 2.05) is 19.2 Å². The second-order valence-electron chi connectivity index (χ2n) is 3.78. The Labute approximate surface area is 78.8 Å². The maximum atomic E-state index is 4.45. The van der Waals surface area contributed by atoms with Gasteiger partial charge in [-0.05, 0) is 33.0 Å². The summed E-state index contributed by atoms with van der Waals surface area (Å²) in [5.74, 6) is 1.50. The van der Waals surface area contributed by atoms with E-state index in [1.54, 1.807) is 0 Å². The van der Waals surface area contributed by atoms with Crippen LogP contribution in [0.1, 0.15) is 23.9 Å². The first-order chi connectivity index (χ1) is 6.25. The van der Waals surface area contributed by atoms with Crippen LogP contribution >= 0.6 is 0 Å². The minimum absolute atomic E-state index is 0.617. The first-order valence-electron chi connectivity index (χ1n) is 4.74. The Kier molecular flexibility index (Phi) is 2.27. The van der Waals surface area contributed by atoms with Crippen molar-refractivity contribution >= 4 is 0 Å². The Bertz CT molecular complexity index is 298. The lowest BCUT2D eigenvalue weighted by Gasteiger charge is -2.09. The molecule has 0 saturated carbocycles. The molecule has 3 heteroatoms. The van der Waals surface area contributed by atoms with E-state index in [2.05, 4.69) is 21.9 Å². The molecule has 1 atom stereocenters. The molecule has 1 aromatic heterocycles. The maximum absolute atomic E-state index is 4.45. The minimum atomic E-state index is 0.617. The highest BCUT2D eigenvalue weighted by atomic mass is 15.1. The number of nitrogens with zero attached hydrogens (tertiary/aromatic N) is 3. The molecule has 0 N–H and O–H groups in total. The molecule has 0 aromatic carbocycles. The summed E-state index contributed by atoms with van der Waals surface area (Å²) in [6.07, 6.45) is 3.09. The van der Waals surface area contributed by atoms with Crippen molar-refractivity contribution in [2.45, 2.75) is 19.3 Å². The molecule has 2 rings (SSSR count). The van der Waals surface area contributed by atoms with Crippen LogP contribution in [0.4, 0.5) is 0 Å². The molecule has 3 nitrogen and oxygen atoms in total. The van der Waals surface area contributed by atoms with Crippen molar-refractivity contribution in [3.05, 3.63) is 23.8 Å². The Hall–Kier alpha value is -0.960. The third-order valence-corrected chi connectivity index (χ3v) is 2.61. The molecule has 1 aliphatic rings. The number of hydrogen-bond acceptors (Lipinski definition) is 3. The van der Waals surface area contributed by atoms with Crippen LogP contribution in [0.5, 0.6) is 0 Å². The van der Waals surface area contributed by atoms with Crippen LogP contribution in [-0.2, 0) is 0 Å². The Balaban J connectivity index is 2.16. The van der Waals surface area contributed by atoms with Gasteiger partial charge in [0.15, 0.2) is 0 Å². The van der Waals surface area contributed by atoms with E-state index in [4.69, 9.17) is 0 Å². The van der Waals surface area contributed by atoms with Crippen molar-refractivity contribution in [2.75, 3.05) is 20.1 Å². The number of aromatic nitrogens is 2. The lowest BCUT2D eigenvalue weighted by Crippen LogP contribution is -2.14.